The fourth-order valence-electron chi connectivity index (χ4n) is 1.61. The summed E-state index contributed by atoms with van der Waals surface area (Å²) in [4.78, 5) is 8.64. The molecule has 1 aromatic carbocycles. The lowest BCUT2D eigenvalue weighted by Crippen LogP contribution is -1.94. The predicted octanol–water partition coefficient (Wildman–Crippen LogP) is 2.28. The van der Waals surface area contributed by atoms with Crippen LogP contribution in [0.5, 0.6) is 0 Å². The summed E-state index contributed by atoms with van der Waals surface area (Å²) in [5.41, 5.74) is 8.33. The van der Waals surface area contributed by atoms with Crippen LogP contribution in [0.15, 0.2) is 36.0 Å². The van der Waals surface area contributed by atoms with E-state index in [9.17, 15) is 0 Å². The number of rotatable bonds is 2. The molecule has 18 heavy (non-hydrogen) atoms. The van der Waals surface area contributed by atoms with Gasteiger partial charge in [-0.1, -0.05) is 12.1 Å². The van der Waals surface area contributed by atoms with Gasteiger partial charge in [0.05, 0.1) is 5.69 Å². The molecule has 0 fully saturated rings. The van der Waals surface area contributed by atoms with E-state index in [1.165, 1.54) is 11.3 Å². The highest BCUT2D eigenvalue weighted by molar-refractivity contribution is 7.12. The van der Waals surface area contributed by atoms with Crippen molar-refractivity contribution in [1.82, 2.24) is 19.7 Å². The van der Waals surface area contributed by atoms with E-state index in [1.807, 2.05) is 36.6 Å². The van der Waals surface area contributed by atoms with E-state index in [0.717, 1.165) is 16.4 Å². The van der Waals surface area contributed by atoms with Gasteiger partial charge in [-0.05, 0) is 19.1 Å². The van der Waals surface area contributed by atoms with Crippen molar-refractivity contribution in [3.8, 4) is 16.5 Å². The van der Waals surface area contributed by atoms with Gasteiger partial charge in [-0.15, -0.1) is 16.4 Å². The Morgan fingerprint density at radius 2 is 2.22 bits per heavy atom. The summed E-state index contributed by atoms with van der Waals surface area (Å²) in [5.74, 6) is 0.648. The Hall–Kier alpha value is -2.21. The Labute approximate surface area is 108 Å². The number of hydrogen-bond acceptors (Lipinski definition) is 5. The zero-order valence-electron chi connectivity index (χ0n) is 9.74. The van der Waals surface area contributed by atoms with Crippen molar-refractivity contribution in [2.24, 2.45) is 0 Å². The Morgan fingerprint density at radius 1 is 1.33 bits per heavy atom. The van der Waals surface area contributed by atoms with E-state index >= 15 is 0 Å². The molecule has 0 saturated carbocycles. The maximum atomic E-state index is 5.74. The number of thiazole rings is 1. The van der Waals surface area contributed by atoms with Crippen molar-refractivity contribution in [1.29, 1.82) is 0 Å². The standard InChI is InChI=1S/C12H11N5S/c1-8-6-18-12(15-8)17-7-14-11(16-17)9-3-2-4-10(13)5-9/h2-7H,13H2,1H3. The van der Waals surface area contributed by atoms with E-state index in [0.29, 0.717) is 11.5 Å². The lowest BCUT2D eigenvalue weighted by atomic mass is 10.2. The molecule has 0 atom stereocenters. The highest BCUT2D eigenvalue weighted by Crippen LogP contribution is 2.19. The number of benzene rings is 1. The van der Waals surface area contributed by atoms with Crippen LogP contribution in [0, 0.1) is 6.92 Å². The molecule has 3 rings (SSSR count). The van der Waals surface area contributed by atoms with E-state index in [-0.39, 0.29) is 0 Å². The van der Waals surface area contributed by atoms with Crippen LogP contribution in [0.1, 0.15) is 5.69 Å². The minimum atomic E-state index is 0.648. The average molecular weight is 257 g/mol. The molecule has 6 heteroatoms. The Balaban J connectivity index is 1.99. The third-order valence-electron chi connectivity index (χ3n) is 2.44. The second-order valence-electron chi connectivity index (χ2n) is 3.91. The van der Waals surface area contributed by atoms with Crippen LogP contribution in [0.2, 0.25) is 0 Å². The first-order chi connectivity index (χ1) is 8.72. The number of hydrogen-bond donors (Lipinski definition) is 1. The summed E-state index contributed by atoms with van der Waals surface area (Å²) in [6.45, 7) is 1.95. The molecule has 0 unspecified atom stereocenters. The third kappa shape index (κ3) is 1.98. The van der Waals surface area contributed by atoms with Gasteiger partial charge in [-0.3, -0.25) is 0 Å². The monoisotopic (exact) mass is 257 g/mol. The van der Waals surface area contributed by atoms with Crippen LogP contribution in [0.25, 0.3) is 16.5 Å². The molecule has 3 aromatic rings. The average Bonchev–Trinajstić information content (AvgIpc) is 2.97. The quantitative estimate of drug-likeness (QED) is 0.715. The molecule has 5 nitrogen and oxygen atoms in total. The van der Waals surface area contributed by atoms with Crippen molar-refractivity contribution in [2.45, 2.75) is 6.92 Å². The fourth-order valence-corrected chi connectivity index (χ4v) is 2.33. The molecule has 0 aliphatic carbocycles. The van der Waals surface area contributed by atoms with Gasteiger partial charge in [-0.2, -0.15) is 4.68 Å². The van der Waals surface area contributed by atoms with E-state index in [4.69, 9.17) is 5.73 Å². The SMILES string of the molecule is Cc1csc(-n2cnc(-c3cccc(N)c3)n2)n1. The van der Waals surface area contributed by atoms with Gasteiger partial charge in [0.1, 0.15) is 6.33 Å². The third-order valence-corrected chi connectivity index (χ3v) is 3.39. The van der Waals surface area contributed by atoms with Gasteiger partial charge >= 0.3 is 0 Å². The first-order valence-electron chi connectivity index (χ1n) is 5.42. The molecule has 2 aromatic heterocycles. The second-order valence-corrected chi connectivity index (χ2v) is 4.75. The lowest BCUT2D eigenvalue weighted by Gasteiger charge is -1.96. The normalized spacial score (nSPS) is 10.7. The number of nitrogen functional groups attached to an aromatic ring is 1. The highest BCUT2D eigenvalue weighted by atomic mass is 32.1. The molecule has 0 aliphatic rings. The van der Waals surface area contributed by atoms with Crippen molar-refractivity contribution < 1.29 is 0 Å². The van der Waals surface area contributed by atoms with E-state index < -0.39 is 0 Å². The van der Waals surface area contributed by atoms with Gasteiger partial charge < -0.3 is 5.73 Å². The smallest absolute Gasteiger partial charge is 0.212 e. The van der Waals surface area contributed by atoms with E-state index in [1.54, 1.807) is 11.0 Å². The summed E-state index contributed by atoms with van der Waals surface area (Å²) in [7, 11) is 0. The molecule has 0 spiro atoms. The molecule has 90 valence electrons. The predicted molar refractivity (Wildman–Crippen MR) is 71.6 cm³/mol. The van der Waals surface area contributed by atoms with Crippen LogP contribution in [-0.2, 0) is 0 Å². The first kappa shape index (κ1) is 10.9. The Bertz CT molecular complexity index is 685. The first-order valence-corrected chi connectivity index (χ1v) is 6.30. The number of nitrogens with zero attached hydrogens (tertiary/aromatic N) is 4. The number of nitrogens with two attached hydrogens (primary N) is 1. The van der Waals surface area contributed by atoms with Crippen LogP contribution >= 0.6 is 11.3 Å². The maximum Gasteiger partial charge on any atom is 0.212 e. The summed E-state index contributed by atoms with van der Waals surface area (Å²) in [5, 5.41) is 7.20. The van der Waals surface area contributed by atoms with E-state index in [2.05, 4.69) is 15.1 Å². The van der Waals surface area contributed by atoms with Crippen molar-refractivity contribution in [2.75, 3.05) is 5.73 Å². The van der Waals surface area contributed by atoms with Crippen LogP contribution < -0.4 is 5.73 Å². The fraction of sp³-hybridized carbons (Fsp3) is 0.0833. The molecule has 0 aliphatic heterocycles. The minimum Gasteiger partial charge on any atom is -0.399 e. The zero-order valence-corrected chi connectivity index (χ0v) is 10.6. The van der Waals surface area contributed by atoms with Crippen molar-refractivity contribution >= 4 is 17.0 Å². The molecular formula is C12H11N5S. The molecular weight excluding hydrogens is 246 g/mol. The second kappa shape index (κ2) is 4.23. The lowest BCUT2D eigenvalue weighted by molar-refractivity contribution is 0.866. The summed E-state index contributed by atoms with van der Waals surface area (Å²) in [6.07, 6.45) is 1.66. The van der Waals surface area contributed by atoms with Crippen LogP contribution in [0.4, 0.5) is 5.69 Å². The minimum absolute atomic E-state index is 0.648. The largest absolute Gasteiger partial charge is 0.399 e. The molecule has 0 radical (unpaired) electrons. The van der Waals surface area contributed by atoms with Gasteiger partial charge in [0.25, 0.3) is 0 Å². The van der Waals surface area contributed by atoms with Gasteiger partial charge in [-0.25, -0.2) is 9.97 Å². The van der Waals surface area contributed by atoms with Crippen molar-refractivity contribution in [3.05, 3.63) is 41.7 Å². The van der Waals surface area contributed by atoms with Crippen LogP contribution in [0.3, 0.4) is 0 Å². The number of aromatic nitrogens is 4. The summed E-state index contributed by atoms with van der Waals surface area (Å²) in [6, 6.07) is 7.51. The molecule has 0 amide bonds. The highest BCUT2D eigenvalue weighted by Gasteiger charge is 2.07. The molecule has 0 bridgehead atoms. The zero-order chi connectivity index (χ0) is 12.5. The Kier molecular flexibility index (Phi) is 2.56. The van der Waals surface area contributed by atoms with Crippen LogP contribution in [-0.4, -0.2) is 19.7 Å². The molecule has 2 N–H and O–H groups in total. The van der Waals surface area contributed by atoms with Gasteiger partial charge in [0, 0.05) is 16.6 Å². The molecule has 2 heterocycles. The topological polar surface area (TPSA) is 69.6 Å². The van der Waals surface area contributed by atoms with Gasteiger partial charge in [0.2, 0.25) is 5.13 Å². The summed E-state index contributed by atoms with van der Waals surface area (Å²) < 4.78 is 1.68. The Morgan fingerprint density at radius 3 is 2.94 bits per heavy atom. The van der Waals surface area contributed by atoms with Gasteiger partial charge in [0.15, 0.2) is 5.82 Å². The summed E-state index contributed by atoms with van der Waals surface area (Å²) >= 11 is 1.54. The van der Waals surface area contributed by atoms with Crippen molar-refractivity contribution in [3.63, 3.8) is 0 Å². The number of anilines is 1. The number of aryl methyl sites for hydroxylation is 1. The maximum absolute atomic E-state index is 5.74. The molecule has 0 saturated heterocycles.